The normalized spacial score (nSPS) is 11.5. The first-order valence-corrected chi connectivity index (χ1v) is 12.2. The lowest BCUT2D eigenvalue weighted by atomic mass is 10.2. The monoisotopic (exact) mass is 484 g/mol. The molecule has 170 valence electrons. The van der Waals surface area contributed by atoms with Crippen LogP contribution < -0.4 is 15.6 Å². The van der Waals surface area contributed by atoms with E-state index in [0.717, 1.165) is 11.3 Å². The number of carbonyl (C=O) groups excluding carboxylic acids is 1. The van der Waals surface area contributed by atoms with Crippen LogP contribution in [0, 0.1) is 13.8 Å². The first-order valence-electron chi connectivity index (χ1n) is 9.92. The highest BCUT2D eigenvalue weighted by Crippen LogP contribution is 2.28. The number of aryl methyl sites for hydroxylation is 3. The Kier molecular flexibility index (Phi) is 5.95. The molecular formula is C21H20N6O4S2. The van der Waals surface area contributed by atoms with Gasteiger partial charge in [0, 0.05) is 24.1 Å². The number of hydrogen-bond donors (Lipinski definition) is 2. The van der Waals surface area contributed by atoms with E-state index >= 15 is 0 Å². The maximum atomic E-state index is 12.8. The summed E-state index contributed by atoms with van der Waals surface area (Å²) in [5.41, 5.74) is 1.41. The number of hydrogen-bond acceptors (Lipinski definition) is 8. The van der Waals surface area contributed by atoms with E-state index in [1.807, 2.05) is 6.92 Å². The second kappa shape index (κ2) is 8.71. The number of rotatable bonds is 6. The van der Waals surface area contributed by atoms with Crippen LogP contribution in [-0.2, 0) is 16.6 Å². The molecule has 12 heteroatoms. The molecule has 0 spiro atoms. The molecule has 3 aromatic heterocycles. The van der Waals surface area contributed by atoms with Gasteiger partial charge in [-0.1, -0.05) is 0 Å². The minimum absolute atomic E-state index is 0.00651. The molecule has 10 nitrogen and oxygen atoms in total. The lowest BCUT2D eigenvalue weighted by Crippen LogP contribution is -2.19. The Morgan fingerprint density at radius 1 is 1.12 bits per heavy atom. The maximum absolute atomic E-state index is 12.8. The highest BCUT2D eigenvalue weighted by atomic mass is 32.2. The van der Waals surface area contributed by atoms with Gasteiger partial charge in [0.1, 0.15) is 4.83 Å². The fourth-order valence-corrected chi connectivity index (χ4v) is 5.17. The summed E-state index contributed by atoms with van der Waals surface area (Å²) in [6.45, 7) is 5.77. The van der Waals surface area contributed by atoms with Gasteiger partial charge in [-0.3, -0.25) is 14.2 Å². The van der Waals surface area contributed by atoms with Crippen LogP contribution in [-0.4, -0.2) is 33.8 Å². The van der Waals surface area contributed by atoms with Gasteiger partial charge in [0.25, 0.3) is 21.5 Å². The van der Waals surface area contributed by atoms with Crippen LogP contribution in [0.5, 0.6) is 0 Å². The van der Waals surface area contributed by atoms with E-state index in [2.05, 4.69) is 25.0 Å². The molecule has 1 amide bonds. The average Bonchev–Trinajstić information content (AvgIpc) is 3.11. The number of thiophene rings is 1. The van der Waals surface area contributed by atoms with Gasteiger partial charge in [-0.05, 0) is 56.7 Å². The third-order valence-corrected chi connectivity index (χ3v) is 7.45. The van der Waals surface area contributed by atoms with Gasteiger partial charge in [-0.15, -0.1) is 11.3 Å². The fourth-order valence-electron chi connectivity index (χ4n) is 3.18. The van der Waals surface area contributed by atoms with Crippen LogP contribution in [0.15, 0.2) is 52.5 Å². The number of aromatic nitrogens is 4. The molecule has 0 saturated heterocycles. The molecule has 0 aliphatic carbocycles. The molecule has 2 N–H and O–H groups in total. The van der Waals surface area contributed by atoms with E-state index in [1.54, 1.807) is 19.9 Å². The third-order valence-electron chi connectivity index (χ3n) is 4.91. The molecule has 0 aliphatic rings. The molecule has 0 aliphatic heterocycles. The maximum Gasteiger partial charge on any atom is 0.266 e. The van der Waals surface area contributed by atoms with Crippen LogP contribution >= 0.6 is 11.3 Å². The molecule has 0 atom stereocenters. The number of amides is 1. The first kappa shape index (κ1) is 22.6. The third kappa shape index (κ3) is 4.47. The second-order valence-corrected chi connectivity index (χ2v) is 9.86. The average molecular weight is 485 g/mol. The molecule has 3 heterocycles. The summed E-state index contributed by atoms with van der Waals surface area (Å²) in [4.78, 5) is 38.5. The quantitative estimate of drug-likeness (QED) is 0.429. The number of anilines is 2. The summed E-state index contributed by atoms with van der Waals surface area (Å²) in [5.74, 6) is -0.428. The number of fused-ring (bicyclic) bond motifs is 1. The first-order chi connectivity index (χ1) is 15.7. The van der Waals surface area contributed by atoms with Crippen LogP contribution in [0.3, 0.4) is 0 Å². The Bertz CT molecular complexity index is 1520. The van der Waals surface area contributed by atoms with E-state index in [9.17, 15) is 18.0 Å². The topological polar surface area (TPSA) is 136 Å². The zero-order valence-corrected chi connectivity index (χ0v) is 19.6. The molecule has 4 aromatic rings. The summed E-state index contributed by atoms with van der Waals surface area (Å²) in [7, 11) is -3.89. The highest BCUT2D eigenvalue weighted by molar-refractivity contribution is 7.92. The molecule has 0 unspecified atom stereocenters. The van der Waals surface area contributed by atoms with Crippen molar-refractivity contribution in [2.75, 3.05) is 10.0 Å². The number of sulfonamides is 1. The van der Waals surface area contributed by atoms with Crippen LogP contribution in [0.25, 0.3) is 10.2 Å². The second-order valence-electron chi connectivity index (χ2n) is 7.18. The van der Waals surface area contributed by atoms with E-state index < -0.39 is 15.9 Å². The lowest BCUT2D eigenvalue weighted by molar-refractivity contribution is 0.103. The summed E-state index contributed by atoms with van der Waals surface area (Å²) in [6, 6.07) is 7.35. The van der Waals surface area contributed by atoms with Crippen molar-refractivity contribution in [2.45, 2.75) is 32.2 Å². The smallest absolute Gasteiger partial charge is 0.266 e. The van der Waals surface area contributed by atoms with Gasteiger partial charge in [0.15, 0.2) is 0 Å². The molecule has 0 bridgehead atoms. The summed E-state index contributed by atoms with van der Waals surface area (Å²) in [6.07, 6.45) is 2.93. The molecule has 4 rings (SSSR count). The Balaban J connectivity index is 1.55. The Labute approximate surface area is 193 Å². The van der Waals surface area contributed by atoms with E-state index in [0.29, 0.717) is 38.6 Å². The van der Waals surface area contributed by atoms with Gasteiger partial charge in [-0.25, -0.2) is 28.1 Å². The Morgan fingerprint density at radius 3 is 2.52 bits per heavy atom. The zero-order chi connectivity index (χ0) is 23.8. The van der Waals surface area contributed by atoms with E-state index in [4.69, 9.17) is 0 Å². The molecule has 0 fully saturated rings. The molecule has 1 aromatic carbocycles. The van der Waals surface area contributed by atoms with Gasteiger partial charge in [0.05, 0.1) is 21.5 Å². The zero-order valence-electron chi connectivity index (χ0n) is 18.0. The SMILES string of the molecule is CCn1cnc2sc(C(=O)Nc3ccc(S(=O)(=O)Nc4nccc(C)n4)cc3)c(C)c2c1=O. The van der Waals surface area contributed by atoms with Gasteiger partial charge < -0.3 is 5.32 Å². The van der Waals surface area contributed by atoms with Crippen molar-refractivity contribution in [3.8, 4) is 0 Å². The summed E-state index contributed by atoms with van der Waals surface area (Å²) < 4.78 is 29.0. The van der Waals surface area contributed by atoms with Crippen molar-refractivity contribution in [1.82, 2.24) is 19.5 Å². The lowest BCUT2D eigenvalue weighted by Gasteiger charge is -2.08. The van der Waals surface area contributed by atoms with Crippen molar-refractivity contribution >= 4 is 49.1 Å². The van der Waals surface area contributed by atoms with Crippen molar-refractivity contribution in [1.29, 1.82) is 0 Å². The predicted octanol–water partition coefficient (Wildman–Crippen LogP) is 2.94. The summed E-state index contributed by atoms with van der Waals surface area (Å²) in [5, 5.41) is 3.17. The van der Waals surface area contributed by atoms with Gasteiger partial charge in [0.2, 0.25) is 5.95 Å². The molecular weight excluding hydrogens is 464 g/mol. The summed E-state index contributed by atoms with van der Waals surface area (Å²) >= 11 is 1.14. The van der Waals surface area contributed by atoms with Crippen molar-refractivity contribution in [3.05, 3.63) is 69.3 Å². The Morgan fingerprint density at radius 2 is 1.85 bits per heavy atom. The van der Waals surface area contributed by atoms with Crippen LogP contribution in [0.2, 0.25) is 0 Å². The van der Waals surface area contributed by atoms with Gasteiger partial charge >= 0.3 is 0 Å². The molecule has 0 radical (unpaired) electrons. The van der Waals surface area contributed by atoms with Crippen molar-refractivity contribution in [3.63, 3.8) is 0 Å². The predicted molar refractivity (Wildman–Crippen MR) is 126 cm³/mol. The fraction of sp³-hybridized carbons (Fsp3) is 0.190. The van der Waals surface area contributed by atoms with Crippen molar-refractivity contribution in [2.24, 2.45) is 0 Å². The van der Waals surface area contributed by atoms with E-state index in [-0.39, 0.29) is 16.4 Å². The minimum atomic E-state index is -3.89. The highest BCUT2D eigenvalue weighted by Gasteiger charge is 2.20. The molecule has 33 heavy (non-hydrogen) atoms. The number of nitrogens with one attached hydrogen (secondary N) is 2. The number of benzene rings is 1. The van der Waals surface area contributed by atoms with Crippen LogP contribution in [0.1, 0.15) is 27.9 Å². The largest absolute Gasteiger partial charge is 0.321 e. The molecule has 0 saturated carbocycles. The van der Waals surface area contributed by atoms with Gasteiger partial charge in [-0.2, -0.15) is 0 Å². The minimum Gasteiger partial charge on any atom is -0.321 e. The van der Waals surface area contributed by atoms with Crippen LogP contribution in [0.4, 0.5) is 11.6 Å². The van der Waals surface area contributed by atoms with Crippen molar-refractivity contribution < 1.29 is 13.2 Å². The standard InChI is InChI=1S/C21H20N6O4S2/c1-4-27-11-23-19-16(20(27)29)13(3)17(32-19)18(28)25-14-5-7-15(8-6-14)33(30,31)26-21-22-10-9-12(2)24-21/h5-11H,4H2,1-3H3,(H,25,28)(H,22,24,26). The van der Waals surface area contributed by atoms with E-state index in [1.165, 1.54) is 41.4 Å². The Hall–Kier alpha value is -3.64. The number of carbonyl (C=O) groups is 1. The number of nitrogens with zero attached hydrogens (tertiary/aromatic N) is 4.